The van der Waals surface area contributed by atoms with Crippen molar-refractivity contribution >= 4 is 11.9 Å². The first-order chi connectivity index (χ1) is 10.3. The highest BCUT2D eigenvalue weighted by atomic mass is 16.5. The summed E-state index contributed by atoms with van der Waals surface area (Å²) < 4.78 is 4.78. The Labute approximate surface area is 126 Å². The van der Waals surface area contributed by atoms with Gasteiger partial charge in [-0.05, 0) is 30.7 Å². The third-order valence-corrected chi connectivity index (χ3v) is 3.01. The first-order valence-corrected chi connectivity index (χ1v) is 6.43. The average molecular weight is 314 g/mol. The topological polar surface area (TPSA) is 145 Å². The van der Waals surface area contributed by atoms with Crippen molar-refractivity contribution in [1.29, 1.82) is 0 Å². The highest BCUT2D eigenvalue weighted by molar-refractivity contribution is 5.94. The molecule has 0 amide bonds. The smallest absolute Gasteiger partial charge is 0.335 e. The molecule has 0 spiro atoms. The molecule has 1 fully saturated rings. The summed E-state index contributed by atoms with van der Waals surface area (Å²) in [7, 11) is 0. The van der Waals surface area contributed by atoms with E-state index in [0.717, 1.165) is 6.07 Å². The number of rotatable bonds is 3. The normalized spacial score (nSPS) is 23.5. The lowest BCUT2D eigenvalue weighted by Gasteiger charge is -2.10. The second-order valence-corrected chi connectivity index (χ2v) is 4.81. The first-order valence-electron chi connectivity index (χ1n) is 6.43. The molecular weight excluding hydrogens is 296 g/mol. The summed E-state index contributed by atoms with van der Waals surface area (Å²) in [6, 6.07) is 3.99. The van der Waals surface area contributed by atoms with Gasteiger partial charge in [-0.15, -0.1) is 0 Å². The lowest BCUT2D eigenvalue weighted by atomic mass is 10.1. The highest BCUT2D eigenvalue weighted by Crippen LogP contribution is 2.12. The molecule has 3 atom stereocenters. The maximum absolute atomic E-state index is 10.5. The van der Waals surface area contributed by atoms with Crippen LogP contribution in [-0.4, -0.2) is 69.0 Å². The third-order valence-electron chi connectivity index (χ3n) is 3.01. The standard InChI is InChI=1S/C9H8O4.C5H10O4/c1-5-2-6(8(10)11)4-7(3-5)9(12)13;6-1-4-5(8)3(7)2-9-4/h2-4H,1H3,(H,10,11)(H,12,13);3-8H,1-2H2/t;3-,4+,5-/m.1/s1. The van der Waals surface area contributed by atoms with Crippen LogP contribution in [0.4, 0.5) is 0 Å². The van der Waals surface area contributed by atoms with E-state index in [1.54, 1.807) is 6.92 Å². The van der Waals surface area contributed by atoms with E-state index < -0.39 is 30.3 Å². The van der Waals surface area contributed by atoms with Crippen LogP contribution in [0.3, 0.4) is 0 Å². The Bertz CT molecular complexity index is 509. The molecule has 1 aliphatic rings. The molecule has 0 aliphatic carbocycles. The van der Waals surface area contributed by atoms with Crippen molar-refractivity contribution in [2.24, 2.45) is 0 Å². The van der Waals surface area contributed by atoms with Crippen molar-refractivity contribution in [2.75, 3.05) is 13.2 Å². The molecule has 0 unspecified atom stereocenters. The van der Waals surface area contributed by atoms with E-state index in [1.165, 1.54) is 12.1 Å². The summed E-state index contributed by atoms with van der Waals surface area (Å²) in [4.78, 5) is 21.1. The van der Waals surface area contributed by atoms with Crippen LogP contribution in [0.15, 0.2) is 18.2 Å². The molecule has 1 aliphatic heterocycles. The Morgan fingerprint density at radius 1 is 1.14 bits per heavy atom. The van der Waals surface area contributed by atoms with E-state index in [0.29, 0.717) is 5.56 Å². The molecule has 122 valence electrons. The van der Waals surface area contributed by atoms with Crippen molar-refractivity contribution < 1.29 is 39.9 Å². The Morgan fingerprint density at radius 3 is 1.91 bits per heavy atom. The fraction of sp³-hybridized carbons (Fsp3) is 0.429. The molecule has 22 heavy (non-hydrogen) atoms. The molecule has 0 radical (unpaired) electrons. The monoisotopic (exact) mass is 314 g/mol. The van der Waals surface area contributed by atoms with E-state index in [9.17, 15) is 9.59 Å². The molecule has 5 N–H and O–H groups in total. The van der Waals surface area contributed by atoms with Crippen molar-refractivity contribution in [1.82, 2.24) is 0 Å². The van der Waals surface area contributed by atoms with Crippen LogP contribution in [0.2, 0.25) is 0 Å². The first kappa shape index (κ1) is 18.1. The molecule has 0 bridgehead atoms. The van der Waals surface area contributed by atoms with Gasteiger partial charge in [-0.2, -0.15) is 0 Å². The molecule has 8 nitrogen and oxygen atoms in total. The number of aliphatic hydroxyl groups excluding tert-OH is 3. The number of aryl methyl sites for hydroxylation is 1. The zero-order valence-corrected chi connectivity index (χ0v) is 11.8. The summed E-state index contributed by atoms with van der Waals surface area (Å²) in [5.74, 6) is -2.24. The zero-order chi connectivity index (χ0) is 16.9. The number of carboxylic acid groups (broad SMARTS) is 2. The minimum Gasteiger partial charge on any atom is -0.478 e. The van der Waals surface area contributed by atoms with E-state index in [-0.39, 0.29) is 24.3 Å². The van der Waals surface area contributed by atoms with Crippen LogP contribution in [0.5, 0.6) is 0 Å². The number of aromatic carboxylic acids is 2. The fourth-order valence-corrected chi connectivity index (χ4v) is 1.86. The van der Waals surface area contributed by atoms with Gasteiger partial charge in [0.2, 0.25) is 0 Å². The van der Waals surface area contributed by atoms with Crippen molar-refractivity contribution in [2.45, 2.75) is 25.2 Å². The summed E-state index contributed by atoms with van der Waals surface area (Å²) in [5.41, 5.74) is 0.618. The zero-order valence-electron chi connectivity index (χ0n) is 11.8. The molecular formula is C14H18O8. The van der Waals surface area contributed by atoms with Crippen LogP contribution in [0.1, 0.15) is 26.3 Å². The van der Waals surface area contributed by atoms with Gasteiger partial charge in [0.1, 0.15) is 18.3 Å². The maximum Gasteiger partial charge on any atom is 0.335 e. The lowest BCUT2D eigenvalue weighted by molar-refractivity contribution is -0.00588. The van der Waals surface area contributed by atoms with Gasteiger partial charge in [0.15, 0.2) is 0 Å². The average Bonchev–Trinajstić information content (AvgIpc) is 2.78. The summed E-state index contributed by atoms with van der Waals surface area (Å²) in [6.45, 7) is 1.53. The van der Waals surface area contributed by atoms with E-state index in [2.05, 4.69) is 0 Å². The molecule has 1 aromatic carbocycles. The quantitative estimate of drug-likeness (QED) is 0.501. The number of hydrogen-bond acceptors (Lipinski definition) is 6. The summed E-state index contributed by atoms with van der Waals surface area (Å²) in [6.07, 6.45) is -2.35. The van der Waals surface area contributed by atoms with E-state index in [4.69, 9.17) is 30.3 Å². The van der Waals surface area contributed by atoms with Gasteiger partial charge in [0.05, 0.1) is 24.3 Å². The summed E-state index contributed by atoms with van der Waals surface area (Å²) in [5, 5.41) is 43.4. The largest absolute Gasteiger partial charge is 0.478 e. The molecule has 8 heteroatoms. The second-order valence-electron chi connectivity index (χ2n) is 4.81. The predicted octanol–water partition coefficient (Wildman–Crippen LogP) is -0.509. The Morgan fingerprint density at radius 2 is 1.64 bits per heavy atom. The van der Waals surface area contributed by atoms with Gasteiger partial charge < -0.3 is 30.3 Å². The van der Waals surface area contributed by atoms with Gasteiger partial charge in [-0.3, -0.25) is 0 Å². The van der Waals surface area contributed by atoms with Gasteiger partial charge in [0.25, 0.3) is 0 Å². The van der Waals surface area contributed by atoms with Gasteiger partial charge in [0, 0.05) is 0 Å². The number of hydrogen-bond donors (Lipinski definition) is 5. The van der Waals surface area contributed by atoms with E-state index in [1.807, 2.05) is 0 Å². The molecule has 1 aromatic rings. The molecule has 2 rings (SSSR count). The van der Waals surface area contributed by atoms with Crippen molar-refractivity contribution in [3.8, 4) is 0 Å². The van der Waals surface area contributed by atoms with Crippen molar-refractivity contribution in [3.63, 3.8) is 0 Å². The van der Waals surface area contributed by atoms with E-state index >= 15 is 0 Å². The van der Waals surface area contributed by atoms with Gasteiger partial charge in [-0.25, -0.2) is 9.59 Å². The molecule has 1 heterocycles. The number of aliphatic hydroxyl groups is 3. The van der Waals surface area contributed by atoms with Crippen LogP contribution < -0.4 is 0 Å². The minimum atomic E-state index is -1.12. The Balaban J connectivity index is 0.000000235. The molecule has 0 aromatic heterocycles. The van der Waals surface area contributed by atoms with Gasteiger partial charge >= 0.3 is 11.9 Å². The van der Waals surface area contributed by atoms with Crippen LogP contribution >= 0.6 is 0 Å². The van der Waals surface area contributed by atoms with Gasteiger partial charge in [-0.1, -0.05) is 0 Å². The fourth-order valence-electron chi connectivity index (χ4n) is 1.86. The Hall–Kier alpha value is -2.00. The molecule has 1 saturated heterocycles. The predicted molar refractivity (Wildman–Crippen MR) is 73.9 cm³/mol. The van der Waals surface area contributed by atoms with Crippen LogP contribution in [0.25, 0.3) is 0 Å². The Kier molecular flexibility index (Phi) is 6.44. The number of carbonyl (C=O) groups is 2. The van der Waals surface area contributed by atoms with Crippen LogP contribution in [-0.2, 0) is 4.74 Å². The van der Waals surface area contributed by atoms with Crippen LogP contribution in [0, 0.1) is 6.92 Å². The third kappa shape index (κ3) is 4.78. The maximum atomic E-state index is 10.5. The number of ether oxygens (including phenoxy) is 1. The second kappa shape index (κ2) is 7.85. The lowest BCUT2D eigenvalue weighted by Crippen LogP contribution is -2.31. The number of benzene rings is 1. The SMILES string of the molecule is Cc1cc(C(=O)O)cc(C(=O)O)c1.OC[C@@H]1OC[C@@H](O)[C@H]1O. The number of carboxylic acids is 2. The highest BCUT2D eigenvalue weighted by Gasteiger charge is 2.33. The molecule has 0 saturated carbocycles. The van der Waals surface area contributed by atoms with Crippen molar-refractivity contribution in [3.05, 3.63) is 34.9 Å². The summed E-state index contributed by atoms with van der Waals surface area (Å²) >= 11 is 0. The minimum absolute atomic E-state index is 0.00241.